The second-order valence-corrected chi connectivity index (χ2v) is 4.98. The lowest BCUT2D eigenvalue weighted by Crippen LogP contribution is -2.22. The average molecular weight is 266 g/mol. The highest BCUT2D eigenvalue weighted by Crippen LogP contribution is 2.35. The molecule has 3 rings (SSSR count). The van der Waals surface area contributed by atoms with E-state index in [1.807, 2.05) is 11.6 Å². The summed E-state index contributed by atoms with van der Waals surface area (Å²) < 4.78 is 2.00. The smallest absolute Gasteiger partial charge is 0.306 e. The summed E-state index contributed by atoms with van der Waals surface area (Å²) in [6.45, 7) is 0. The molecule has 0 bridgehead atoms. The van der Waals surface area contributed by atoms with Crippen molar-refractivity contribution in [1.82, 2.24) is 14.5 Å². The summed E-state index contributed by atoms with van der Waals surface area (Å²) in [5, 5.41) is 10.4. The van der Waals surface area contributed by atoms with Crippen molar-refractivity contribution in [3.63, 3.8) is 0 Å². The largest absolute Gasteiger partial charge is 0.481 e. The van der Waals surface area contributed by atoms with Crippen molar-refractivity contribution >= 4 is 28.6 Å². The van der Waals surface area contributed by atoms with E-state index in [0.29, 0.717) is 18.0 Å². The molecule has 94 valence electrons. The predicted octanol–water partition coefficient (Wildman–Crippen LogP) is 1.81. The number of hydrogen-bond donors (Lipinski definition) is 1. The van der Waals surface area contributed by atoms with Crippen molar-refractivity contribution in [3.05, 3.63) is 22.7 Å². The van der Waals surface area contributed by atoms with E-state index in [4.69, 9.17) is 16.7 Å². The van der Waals surface area contributed by atoms with Gasteiger partial charge in [-0.25, -0.2) is 9.97 Å². The number of aromatic nitrogens is 3. The number of aliphatic carboxylic acids is 1. The second kappa shape index (κ2) is 3.95. The highest BCUT2D eigenvalue weighted by molar-refractivity contribution is 6.34. The zero-order chi connectivity index (χ0) is 12.9. The maximum Gasteiger partial charge on any atom is 0.306 e. The molecule has 2 heterocycles. The van der Waals surface area contributed by atoms with E-state index in [1.54, 1.807) is 0 Å². The van der Waals surface area contributed by atoms with Crippen molar-refractivity contribution < 1.29 is 9.90 Å². The Morgan fingerprint density at radius 3 is 3.06 bits per heavy atom. The fraction of sp³-hybridized carbons (Fsp3) is 0.417. The maximum absolute atomic E-state index is 11.1. The van der Waals surface area contributed by atoms with E-state index >= 15 is 0 Å². The van der Waals surface area contributed by atoms with Crippen LogP contribution < -0.4 is 0 Å². The minimum atomic E-state index is -0.745. The van der Waals surface area contributed by atoms with Crippen LogP contribution in [0.4, 0.5) is 0 Å². The summed E-state index contributed by atoms with van der Waals surface area (Å²) in [7, 11) is 1.94. The first-order valence-corrected chi connectivity index (χ1v) is 6.16. The van der Waals surface area contributed by atoms with Gasteiger partial charge in [-0.15, -0.1) is 0 Å². The Morgan fingerprint density at radius 1 is 1.56 bits per heavy atom. The quantitative estimate of drug-likeness (QED) is 0.799. The number of fused-ring (bicyclic) bond motifs is 3. The van der Waals surface area contributed by atoms with Crippen LogP contribution in [0.25, 0.3) is 11.0 Å². The minimum Gasteiger partial charge on any atom is -0.481 e. The molecule has 0 amide bonds. The summed E-state index contributed by atoms with van der Waals surface area (Å²) in [5.41, 5.74) is 2.91. The lowest BCUT2D eigenvalue weighted by atomic mass is 9.87. The first-order chi connectivity index (χ1) is 8.59. The van der Waals surface area contributed by atoms with Gasteiger partial charge in [0, 0.05) is 12.7 Å². The molecule has 1 N–H and O–H groups in total. The number of carboxylic acids is 1. The molecule has 2 aromatic heterocycles. The van der Waals surface area contributed by atoms with Gasteiger partial charge in [0.2, 0.25) is 0 Å². The maximum atomic E-state index is 11.1. The first-order valence-electron chi connectivity index (χ1n) is 5.79. The van der Waals surface area contributed by atoms with Crippen LogP contribution in [0.3, 0.4) is 0 Å². The summed E-state index contributed by atoms with van der Waals surface area (Å²) in [4.78, 5) is 19.3. The Bertz CT molecular complexity index is 650. The summed E-state index contributed by atoms with van der Waals surface area (Å²) in [6.07, 6.45) is 3.35. The van der Waals surface area contributed by atoms with Crippen LogP contribution in [0, 0.1) is 5.92 Å². The van der Waals surface area contributed by atoms with E-state index in [0.717, 1.165) is 28.7 Å². The Morgan fingerprint density at radius 2 is 2.33 bits per heavy atom. The van der Waals surface area contributed by atoms with Crippen molar-refractivity contribution in [3.8, 4) is 0 Å². The first kappa shape index (κ1) is 11.5. The predicted molar refractivity (Wildman–Crippen MR) is 66.7 cm³/mol. The van der Waals surface area contributed by atoms with Crippen molar-refractivity contribution in [1.29, 1.82) is 0 Å². The van der Waals surface area contributed by atoms with Crippen molar-refractivity contribution in [2.45, 2.75) is 19.3 Å². The fourth-order valence-corrected chi connectivity index (χ4v) is 2.99. The number of aryl methyl sites for hydroxylation is 1. The molecule has 0 radical (unpaired) electrons. The van der Waals surface area contributed by atoms with Crippen LogP contribution in [0.1, 0.15) is 17.7 Å². The molecular formula is C12H12ClN3O2. The normalized spacial score (nSPS) is 18.9. The van der Waals surface area contributed by atoms with Gasteiger partial charge in [0.25, 0.3) is 0 Å². The third-order valence-electron chi connectivity index (χ3n) is 3.68. The van der Waals surface area contributed by atoms with E-state index in [2.05, 4.69) is 9.97 Å². The van der Waals surface area contributed by atoms with Crippen molar-refractivity contribution in [2.75, 3.05) is 0 Å². The molecule has 1 aliphatic carbocycles. The molecule has 0 fully saturated rings. The van der Waals surface area contributed by atoms with E-state index < -0.39 is 5.97 Å². The van der Waals surface area contributed by atoms with Gasteiger partial charge in [-0.1, -0.05) is 11.6 Å². The van der Waals surface area contributed by atoms with E-state index in [-0.39, 0.29) is 5.92 Å². The molecule has 0 saturated carbocycles. The Labute approximate surface area is 108 Å². The third-order valence-corrected chi connectivity index (χ3v) is 3.97. The molecule has 5 nitrogen and oxygen atoms in total. The van der Waals surface area contributed by atoms with Gasteiger partial charge >= 0.3 is 5.97 Å². The molecule has 0 unspecified atom stereocenters. The zero-order valence-corrected chi connectivity index (χ0v) is 10.6. The van der Waals surface area contributed by atoms with Crippen LogP contribution in [0.15, 0.2) is 6.33 Å². The summed E-state index contributed by atoms with van der Waals surface area (Å²) in [6, 6.07) is 0. The Kier molecular flexibility index (Phi) is 2.52. The number of halogens is 1. The zero-order valence-electron chi connectivity index (χ0n) is 9.85. The summed E-state index contributed by atoms with van der Waals surface area (Å²) in [5.74, 6) is -1.08. The standard InChI is InChI=1S/C12H12ClN3O2/c1-16-8-3-2-6(12(17)18)4-7(8)9-10(13)14-5-15-11(9)16/h5-6H,2-4H2,1H3,(H,17,18)/t6-/m1/s1. The van der Waals surface area contributed by atoms with Gasteiger partial charge in [0.05, 0.1) is 11.3 Å². The number of rotatable bonds is 1. The third kappa shape index (κ3) is 1.50. The van der Waals surface area contributed by atoms with Crippen LogP contribution in [-0.2, 0) is 24.7 Å². The summed E-state index contributed by atoms with van der Waals surface area (Å²) >= 11 is 6.12. The number of hydrogen-bond acceptors (Lipinski definition) is 3. The molecule has 6 heteroatoms. The molecule has 0 spiro atoms. The van der Waals surface area contributed by atoms with Gasteiger partial charge < -0.3 is 9.67 Å². The molecule has 0 saturated heterocycles. The van der Waals surface area contributed by atoms with E-state index in [9.17, 15) is 4.79 Å². The van der Waals surface area contributed by atoms with Gasteiger partial charge in [0.15, 0.2) is 0 Å². The lowest BCUT2D eigenvalue weighted by molar-refractivity contribution is -0.142. The molecule has 1 aliphatic rings. The van der Waals surface area contributed by atoms with Gasteiger partial charge in [-0.2, -0.15) is 0 Å². The molecule has 0 aliphatic heterocycles. The van der Waals surface area contributed by atoms with Crippen molar-refractivity contribution in [2.24, 2.45) is 13.0 Å². The van der Waals surface area contributed by atoms with Crippen LogP contribution in [0.2, 0.25) is 5.15 Å². The topological polar surface area (TPSA) is 68.0 Å². The van der Waals surface area contributed by atoms with Gasteiger partial charge in [-0.3, -0.25) is 4.79 Å². The second-order valence-electron chi connectivity index (χ2n) is 4.63. The molecular weight excluding hydrogens is 254 g/mol. The number of carbonyl (C=O) groups is 1. The monoisotopic (exact) mass is 265 g/mol. The highest BCUT2D eigenvalue weighted by atomic mass is 35.5. The minimum absolute atomic E-state index is 0.334. The molecule has 0 aromatic carbocycles. The lowest BCUT2D eigenvalue weighted by Gasteiger charge is -2.19. The van der Waals surface area contributed by atoms with Gasteiger partial charge in [0.1, 0.15) is 17.1 Å². The van der Waals surface area contributed by atoms with Crippen LogP contribution in [-0.4, -0.2) is 25.6 Å². The van der Waals surface area contributed by atoms with Gasteiger partial charge in [-0.05, 0) is 24.8 Å². The number of nitrogens with zero attached hydrogens (tertiary/aromatic N) is 3. The van der Waals surface area contributed by atoms with E-state index in [1.165, 1.54) is 6.33 Å². The molecule has 18 heavy (non-hydrogen) atoms. The average Bonchev–Trinajstić information content (AvgIpc) is 2.64. The number of carboxylic acid groups (broad SMARTS) is 1. The molecule has 2 aromatic rings. The Balaban J connectivity index is 2.24. The Hall–Kier alpha value is -1.62. The fourth-order valence-electron chi connectivity index (χ4n) is 2.75. The van der Waals surface area contributed by atoms with Crippen LogP contribution in [0.5, 0.6) is 0 Å². The highest BCUT2D eigenvalue weighted by Gasteiger charge is 2.29. The molecule has 1 atom stereocenters. The van der Waals surface area contributed by atoms with Crippen LogP contribution >= 0.6 is 11.6 Å². The SMILES string of the molecule is Cn1c2c(c3c(Cl)ncnc31)C[C@H](C(=O)O)CC2.